The lowest BCUT2D eigenvalue weighted by Crippen LogP contribution is -2.50. The van der Waals surface area contributed by atoms with E-state index in [0.29, 0.717) is 38.2 Å². The highest BCUT2D eigenvalue weighted by Gasteiger charge is 2.25. The van der Waals surface area contributed by atoms with Gasteiger partial charge in [0, 0.05) is 37.1 Å². The highest BCUT2D eigenvalue weighted by Crippen LogP contribution is 2.19. The molecule has 2 aromatic carbocycles. The lowest BCUT2D eigenvalue weighted by atomic mass is 10.1. The van der Waals surface area contributed by atoms with E-state index in [-0.39, 0.29) is 11.8 Å². The maximum absolute atomic E-state index is 12.6. The SMILES string of the molecule is Cc1ccc(CCC(=O)N2CCN(C(=O)c3ccccc3Br)CC2)cc1. The van der Waals surface area contributed by atoms with Crippen LogP contribution in [0, 0.1) is 6.92 Å². The third-order valence-corrected chi connectivity index (χ3v) is 5.46. The molecule has 0 atom stereocenters. The maximum atomic E-state index is 12.6. The van der Waals surface area contributed by atoms with Gasteiger partial charge in [0.2, 0.25) is 5.91 Å². The smallest absolute Gasteiger partial charge is 0.255 e. The number of hydrogen-bond acceptors (Lipinski definition) is 2. The predicted octanol–water partition coefficient (Wildman–Crippen LogP) is 3.67. The average Bonchev–Trinajstić information content (AvgIpc) is 2.67. The Balaban J connectivity index is 1.50. The Morgan fingerprint density at radius 1 is 0.923 bits per heavy atom. The molecule has 0 aromatic heterocycles. The van der Waals surface area contributed by atoms with Crippen LogP contribution in [0.25, 0.3) is 0 Å². The molecule has 4 nitrogen and oxygen atoms in total. The molecule has 0 saturated carbocycles. The summed E-state index contributed by atoms with van der Waals surface area (Å²) in [7, 11) is 0. The minimum absolute atomic E-state index is 0.0178. The summed E-state index contributed by atoms with van der Waals surface area (Å²) >= 11 is 3.43. The van der Waals surface area contributed by atoms with Crippen molar-refractivity contribution < 1.29 is 9.59 Å². The summed E-state index contributed by atoms with van der Waals surface area (Å²) < 4.78 is 0.807. The standard InChI is InChI=1S/C21H23BrN2O2/c1-16-6-8-17(9-7-16)10-11-20(25)23-12-14-24(15-13-23)21(26)18-4-2-3-5-19(18)22/h2-9H,10-15H2,1H3. The Labute approximate surface area is 162 Å². The van der Waals surface area contributed by atoms with Gasteiger partial charge in [-0.05, 0) is 47.0 Å². The van der Waals surface area contributed by atoms with Crippen LogP contribution in [0.1, 0.15) is 27.9 Å². The average molecular weight is 415 g/mol. The summed E-state index contributed by atoms with van der Waals surface area (Å²) in [6.07, 6.45) is 1.27. The highest BCUT2D eigenvalue weighted by molar-refractivity contribution is 9.10. The van der Waals surface area contributed by atoms with Gasteiger partial charge in [-0.1, -0.05) is 42.0 Å². The van der Waals surface area contributed by atoms with Crippen LogP contribution in [0.4, 0.5) is 0 Å². The predicted molar refractivity (Wildman–Crippen MR) is 106 cm³/mol. The number of carbonyl (C=O) groups excluding carboxylic acids is 2. The molecule has 5 heteroatoms. The van der Waals surface area contributed by atoms with Crippen molar-refractivity contribution in [2.24, 2.45) is 0 Å². The summed E-state index contributed by atoms with van der Waals surface area (Å²) in [4.78, 5) is 28.8. The number of benzene rings is 2. The van der Waals surface area contributed by atoms with Crippen LogP contribution in [0.5, 0.6) is 0 Å². The Bertz CT molecular complexity index is 781. The largest absolute Gasteiger partial charge is 0.339 e. The molecule has 3 rings (SSSR count). The van der Waals surface area contributed by atoms with Crippen LogP contribution in [-0.4, -0.2) is 47.8 Å². The number of carbonyl (C=O) groups is 2. The molecule has 0 N–H and O–H groups in total. The van der Waals surface area contributed by atoms with E-state index in [1.54, 1.807) is 0 Å². The number of amides is 2. The normalized spacial score (nSPS) is 14.4. The summed E-state index contributed by atoms with van der Waals surface area (Å²) in [6.45, 7) is 4.42. The van der Waals surface area contributed by atoms with Crippen molar-refractivity contribution in [1.82, 2.24) is 9.80 Å². The molecule has 1 fully saturated rings. The van der Waals surface area contributed by atoms with Gasteiger partial charge in [-0.25, -0.2) is 0 Å². The summed E-state index contributed by atoms with van der Waals surface area (Å²) in [5.41, 5.74) is 3.09. The number of rotatable bonds is 4. The molecule has 2 aromatic rings. The van der Waals surface area contributed by atoms with Crippen LogP contribution < -0.4 is 0 Å². The lowest BCUT2D eigenvalue weighted by molar-refractivity contribution is -0.132. The topological polar surface area (TPSA) is 40.6 Å². The quantitative estimate of drug-likeness (QED) is 0.765. The molecule has 0 spiro atoms. The van der Waals surface area contributed by atoms with Crippen LogP contribution in [0.15, 0.2) is 53.0 Å². The third-order valence-electron chi connectivity index (χ3n) is 4.77. The van der Waals surface area contributed by atoms with Crippen molar-refractivity contribution in [2.45, 2.75) is 19.8 Å². The van der Waals surface area contributed by atoms with Gasteiger partial charge in [-0.3, -0.25) is 9.59 Å². The van der Waals surface area contributed by atoms with E-state index >= 15 is 0 Å². The third kappa shape index (κ3) is 4.52. The highest BCUT2D eigenvalue weighted by atomic mass is 79.9. The maximum Gasteiger partial charge on any atom is 0.255 e. The van der Waals surface area contributed by atoms with E-state index in [1.165, 1.54) is 11.1 Å². The molecule has 1 saturated heterocycles. The minimum Gasteiger partial charge on any atom is -0.339 e. The molecular formula is C21H23BrN2O2. The number of hydrogen-bond donors (Lipinski definition) is 0. The molecule has 0 radical (unpaired) electrons. The second-order valence-corrected chi connectivity index (χ2v) is 7.49. The van der Waals surface area contributed by atoms with Crippen LogP contribution in [0.3, 0.4) is 0 Å². The second kappa shape index (κ2) is 8.49. The number of piperazine rings is 1. The molecule has 26 heavy (non-hydrogen) atoms. The Morgan fingerprint density at radius 3 is 2.19 bits per heavy atom. The van der Waals surface area contributed by atoms with Crippen molar-refractivity contribution in [3.8, 4) is 0 Å². The first-order chi connectivity index (χ1) is 12.5. The first-order valence-electron chi connectivity index (χ1n) is 8.92. The zero-order chi connectivity index (χ0) is 18.5. The lowest BCUT2D eigenvalue weighted by Gasteiger charge is -2.35. The number of nitrogens with zero attached hydrogens (tertiary/aromatic N) is 2. The van der Waals surface area contributed by atoms with Crippen molar-refractivity contribution >= 4 is 27.7 Å². The van der Waals surface area contributed by atoms with E-state index in [4.69, 9.17) is 0 Å². The first-order valence-corrected chi connectivity index (χ1v) is 9.71. The van der Waals surface area contributed by atoms with Crippen molar-refractivity contribution in [3.05, 3.63) is 69.7 Å². The van der Waals surface area contributed by atoms with Crippen LogP contribution in [0.2, 0.25) is 0 Å². The molecule has 1 aliphatic rings. The summed E-state index contributed by atoms with van der Waals surface area (Å²) in [5, 5.41) is 0. The molecule has 1 heterocycles. The monoisotopic (exact) mass is 414 g/mol. The first kappa shape index (κ1) is 18.6. The van der Waals surface area contributed by atoms with Gasteiger partial charge >= 0.3 is 0 Å². The van der Waals surface area contributed by atoms with Crippen LogP contribution in [-0.2, 0) is 11.2 Å². The number of halogens is 1. The second-order valence-electron chi connectivity index (χ2n) is 6.64. The summed E-state index contributed by atoms with van der Waals surface area (Å²) in [6, 6.07) is 15.8. The molecule has 0 bridgehead atoms. The van der Waals surface area contributed by atoms with E-state index < -0.39 is 0 Å². The van der Waals surface area contributed by atoms with Crippen molar-refractivity contribution in [1.29, 1.82) is 0 Å². The molecule has 1 aliphatic heterocycles. The summed E-state index contributed by atoms with van der Waals surface area (Å²) in [5.74, 6) is 0.183. The number of aryl methyl sites for hydroxylation is 2. The zero-order valence-corrected chi connectivity index (χ0v) is 16.5. The van der Waals surface area contributed by atoms with E-state index in [0.717, 1.165) is 10.9 Å². The fourth-order valence-corrected chi connectivity index (χ4v) is 3.58. The van der Waals surface area contributed by atoms with Crippen molar-refractivity contribution in [3.63, 3.8) is 0 Å². The van der Waals surface area contributed by atoms with E-state index in [9.17, 15) is 9.59 Å². The fraction of sp³-hybridized carbons (Fsp3) is 0.333. The van der Waals surface area contributed by atoms with E-state index in [1.807, 2.05) is 34.1 Å². The molecule has 2 amide bonds. The van der Waals surface area contributed by atoms with Gasteiger partial charge in [0.1, 0.15) is 0 Å². The molecule has 136 valence electrons. The Morgan fingerprint density at radius 2 is 1.54 bits per heavy atom. The van der Waals surface area contributed by atoms with Gasteiger partial charge in [0.05, 0.1) is 5.56 Å². The van der Waals surface area contributed by atoms with Gasteiger partial charge in [0.25, 0.3) is 5.91 Å². The Kier molecular flexibility index (Phi) is 6.09. The van der Waals surface area contributed by atoms with Gasteiger partial charge in [-0.15, -0.1) is 0 Å². The van der Waals surface area contributed by atoms with Crippen LogP contribution >= 0.6 is 15.9 Å². The molecular weight excluding hydrogens is 392 g/mol. The molecule has 0 aliphatic carbocycles. The van der Waals surface area contributed by atoms with Crippen molar-refractivity contribution in [2.75, 3.05) is 26.2 Å². The van der Waals surface area contributed by atoms with Gasteiger partial charge in [-0.2, -0.15) is 0 Å². The minimum atomic E-state index is 0.0178. The molecule has 0 unspecified atom stereocenters. The van der Waals surface area contributed by atoms with Gasteiger partial charge in [0.15, 0.2) is 0 Å². The van der Waals surface area contributed by atoms with E-state index in [2.05, 4.69) is 47.1 Å². The van der Waals surface area contributed by atoms with Gasteiger partial charge < -0.3 is 9.80 Å². The fourth-order valence-electron chi connectivity index (χ4n) is 3.13. The zero-order valence-electron chi connectivity index (χ0n) is 15.0. The Hall–Kier alpha value is -2.14.